The molecule has 150 valence electrons. The molecule has 1 N–H and O–H groups in total. The van der Waals surface area contributed by atoms with E-state index in [4.69, 9.17) is 4.52 Å². The van der Waals surface area contributed by atoms with Crippen LogP contribution in [0, 0.1) is 0 Å². The van der Waals surface area contributed by atoms with E-state index in [1.807, 2.05) is 47.4 Å². The molecule has 2 amide bonds. The van der Waals surface area contributed by atoms with Crippen molar-refractivity contribution in [2.75, 3.05) is 18.4 Å². The number of nitrogens with one attached hydrogen (secondary N) is 1. The van der Waals surface area contributed by atoms with E-state index in [-0.39, 0.29) is 11.9 Å². The van der Waals surface area contributed by atoms with Crippen LogP contribution in [0.3, 0.4) is 0 Å². The van der Waals surface area contributed by atoms with Crippen molar-refractivity contribution in [1.82, 2.24) is 15.0 Å². The van der Waals surface area contributed by atoms with Crippen LogP contribution in [0.25, 0.3) is 11.4 Å². The number of anilines is 1. The summed E-state index contributed by atoms with van der Waals surface area (Å²) in [6.45, 7) is 5.65. The van der Waals surface area contributed by atoms with Crippen molar-refractivity contribution in [1.29, 1.82) is 0 Å². The van der Waals surface area contributed by atoms with Crippen LogP contribution in [-0.4, -0.2) is 34.2 Å². The molecule has 1 aliphatic rings. The van der Waals surface area contributed by atoms with Gasteiger partial charge in [0.05, 0.1) is 0 Å². The summed E-state index contributed by atoms with van der Waals surface area (Å²) in [6, 6.07) is 17.8. The summed E-state index contributed by atoms with van der Waals surface area (Å²) >= 11 is 0. The van der Waals surface area contributed by atoms with Gasteiger partial charge < -0.3 is 14.7 Å². The number of piperidine rings is 1. The number of amides is 2. The first-order chi connectivity index (χ1) is 14.1. The molecule has 6 heteroatoms. The molecule has 1 aliphatic heterocycles. The molecule has 0 unspecified atom stereocenters. The molecule has 6 nitrogen and oxygen atoms in total. The molecule has 0 radical (unpaired) electrons. The molecule has 3 aromatic rings. The first-order valence-electron chi connectivity index (χ1n) is 10.1. The van der Waals surface area contributed by atoms with Crippen LogP contribution in [-0.2, 0) is 0 Å². The second kappa shape index (κ2) is 8.47. The molecule has 0 atom stereocenters. The van der Waals surface area contributed by atoms with Gasteiger partial charge in [0.25, 0.3) is 0 Å². The predicted octanol–water partition coefficient (Wildman–Crippen LogP) is 5.27. The van der Waals surface area contributed by atoms with Gasteiger partial charge >= 0.3 is 6.03 Å². The second-order valence-electron chi connectivity index (χ2n) is 7.79. The normalized spacial score (nSPS) is 14.9. The highest BCUT2D eigenvalue weighted by Crippen LogP contribution is 2.29. The first kappa shape index (κ1) is 19.2. The van der Waals surface area contributed by atoms with Gasteiger partial charge in [0.15, 0.2) is 0 Å². The fraction of sp³-hybridized carbons (Fsp3) is 0.348. The van der Waals surface area contributed by atoms with E-state index in [9.17, 15) is 4.79 Å². The summed E-state index contributed by atoms with van der Waals surface area (Å²) in [6.07, 6.45) is 1.63. The molecule has 2 heterocycles. The lowest BCUT2D eigenvalue weighted by Gasteiger charge is -2.30. The first-order valence-corrected chi connectivity index (χ1v) is 10.1. The number of carbonyl (C=O) groups is 1. The van der Waals surface area contributed by atoms with E-state index < -0.39 is 0 Å². The van der Waals surface area contributed by atoms with Crippen molar-refractivity contribution in [3.05, 3.63) is 66.1 Å². The molecule has 1 fully saturated rings. The molecule has 1 saturated heterocycles. The number of aromatic nitrogens is 2. The smallest absolute Gasteiger partial charge is 0.321 e. The highest BCUT2D eigenvalue weighted by Gasteiger charge is 2.27. The molecule has 1 aromatic heterocycles. The fourth-order valence-electron chi connectivity index (χ4n) is 3.59. The molecule has 0 bridgehead atoms. The molecule has 2 aromatic carbocycles. The number of likely N-dealkylation sites (tertiary alicyclic amines) is 1. The minimum absolute atomic E-state index is 0.0590. The molecule has 0 spiro atoms. The third-order valence-corrected chi connectivity index (χ3v) is 5.43. The molecule has 0 saturated carbocycles. The Balaban J connectivity index is 1.32. The third kappa shape index (κ3) is 4.47. The number of urea groups is 1. The summed E-state index contributed by atoms with van der Waals surface area (Å²) < 4.78 is 5.50. The highest BCUT2D eigenvalue weighted by atomic mass is 16.5. The van der Waals surface area contributed by atoms with Gasteiger partial charge in [-0.1, -0.05) is 61.5 Å². The monoisotopic (exact) mass is 390 g/mol. The van der Waals surface area contributed by atoms with Gasteiger partial charge in [0.1, 0.15) is 0 Å². The van der Waals surface area contributed by atoms with Crippen molar-refractivity contribution in [2.45, 2.75) is 38.5 Å². The Morgan fingerprint density at radius 1 is 1.07 bits per heavy atom. The molecular weight excluding hydrogens is 364 g/mol. The van der Waals surface area contributed by atoms with Crippen molar-refractivity contribution in [3.8, 4) is 11.4 Å². The summed E-state index contributed by atoms with van der Waals surface area (Å²) in [5, 5.41) is 7.11. The summed E-state index contributed by atoms with van der Waals surface area (Å²) in [7, 11) is 0. The van der Waals surface area contributed by atoms with Crippen LogP contribution < -0.4 is 5.32 Å². The second-order valence-corrected chi connectivity index (χ2v) is 7.79. The van der Waals surface area contributed by atoms with Crippen LogP contribution in [0.15, 0.2) is 59.1 Å². The van der Waals surface area contributed by atoms with Crippen LogP contribution in [0.1, 0.15) is 50.0 Å². The lowest BCUT2D eigenvalue weighted by atomic mass is 9.97. The highest BCUT2D eigenvalue weighted by molar-refractivity contribution is 5.89. The van der Waals surface area contributed by atoms with Crippen molar-refractivity contribution in [2.24, 2.45) is 0 Å². The zero-order valence-electron chi connectivity index (χ0n) is 16.8. The van der Waals surface area contributed by atoms with Gasteiger partial charge in [-0.05, 0) is 36.5 Å². The summed E-state index contributed by atoms with van der Waals surface area (Å²) in [4.78, 5) is 19.0. The van der Waals surface area contributed by atoms with E-state index in [2.05, 4.69) is 41.4 Å². The topological polar surface area (TPSA) is 71.3 Å². The van der Waals surface area contributed by atoms with E-state index in [0.717, 1.165) is 24.1 Å². The maximum atomic E-state index is 12.6. The molecule has 0 aliphatic carbocycles. The number of benzene rings is 2. The Morgan fingerprint density at radius 3 is 2.41 bits per heavy atom. The van der Waals surface area contributed by atoms with Crippen LogP contribution in [0.2, 0.25) is 0 Å². The standard InChI is InChI=1S/C23H26N4O2/c1-16(2)17-8-10-20(11-9-17)24-23(28)27-14-12-19(13-15-27)22-25-21(26-29-22)18-6-4-3-5-7-18/h3-11,16,19H,12-15H2,1-2H3,(H,24,28). The van der Waals surface area contributed by atoms with E-state index in [1.165, 1.54) is 5.56 Å². The number of nitrogens with zero attached hydrogens (tertiary/aromatic N) is 3. The van der Waals surface area contributed by atoms with Gasteiger partial charge in [0, 0.05) is 30.3 Å². The Kier molecular flexibility index (Phi) is 5.60. The van der Waals surface area contributed by atoms with Crippen molar-refractivity contribution in [3.63, 3.8) is 0 Å². The SMILES string of the molecule is CC(C)c1ccc(NC(=O)N2CCC(c3nc(-c4ccccc4)no3)CC2)cc1. The molecule has 29 heavy (non-hydrogen) atoms. The Bertz CT molecular complexity index is 943. The third-order valence-electron chi connectivity index (χ3n) is 5.43. The van der Waals surface area contributed by atoms with Gasteiger partial charge in [0.2, 0.25) is 11.7 Å². The Labute approximate surface area is 170 Å². The van der Waals surface area contributed by atoms with Crippen LogP contribution >= 0.6 is 0 Å². The van der Waals surface area contributed by atoms with Crippen molar-refractivity contribution >= 4 is 11.7 Å². The van der Waals surface area contributed by atoms with Crippen LogP contribution in [0.4, 0.5) is 10.5 Å². The number of hydrogen-bond donors (Lipinski definition) is 1. The minimum Gasteiger partial charge on any atom is -0.339 e. The maximum absolute atomic E-state index is 12.6. The van der Waals surface area contributed by atoms with Gasteiger partial charge in [-0.25, -0.2) is 4.79 Å². The predicted molar refractivity (Wildman–Crippen MR) is 113 cm³/mol. The largest absolute Gasteiger partial charge is 0.339 e. The lowest BCUT2D eigenvalue weighted by Crippen LogP contribution is -2.40. The summed E-state index contributed by atoms with van der Waals surface area (Å²) in [5.41, 5.74) is 3.03. The number of rotatable bonds is 4. The zero-order chi connectivity index (χ0) is 20.2. The van der Waals surface area contributed by atoms with Crippen LogP contribution in [0.5, 0.6) is 0 Å². The fourth-order valence-corrected chi connectivity index (χ4v) is 3.59. The molecule has 4 rings (SSSR count). The quantitative estimate of drug-likeness (QED) is 0.659. The van der Waals surface area contributed by atoms with Gasteiger partial charge in [-0.2, -0.15) is 4.98 Å². The van der Waals surface area contributed by atoms with Gasteiger partial charge in [-0.3, -0.25) is 0 Å². The van der Waals surface area contributed by atoms with E-state index in [0.29, 0.717) is 30.7 Å². The van der Waals surface area contributed by atoms with Gasteiger partial charge in [-0.15, -0.1) is 0 Å². The van der Waals surface area contributed by atoms with E-state index in [1.54, 1.807) is 0 Å². The Hall–Kier alpha value is -3.15. The Morgan fingerprint density at radius 2 is 1.76 bits per heavy atom. The number of hydrogen-bond acceptors (Lipinski definition) is 4. The maximum Gasteiger partial charge on any atom is 0.321 e. The molecular formula is C23H26N4O2. The summed E-state index contributed by atoms with van der Waals surface area (Å²) in [5.74, 6) is 1.94. The average molecular weight is 390 g/mol. The zero-order valence-corrected chi connectivity index (χ0v) is 16.8. The van der Waals surface area contributed by atoms with E-state index >= 15 is 0 Å². The van der Waals surface area contributed by atoms with Crippen molar-refractivity contribution < 1.29 is 9.32 Å². The number of carbonyl (C=O) groups excluding carboxylic acids is 1. The average Bonchev–Trinajstić information content (AvgIpc) is 3.25. The lowest BCUT2D eigenvalue weighted by molar-refractivity contribution is 0.187. The minimum atomic E-state index is -0.0590.